The monoisotopic (exact) mass is 413 g/mol. The molecule has 0 bridgehead atoms. The van der Waals surface area contributed by atoms with Crippen LogP contribution in [-0.2, 0) is 0 Å². The summed E-state index contributed by atoms with van der Waals surface area (Å²) in [5.41, 5.74) is 5.58. The van der Waals surface area contributed by atoms with Crippen LogP contribution in [0.2, 0.25) is 0 Å². The van der Waals surface area contributed by atoms with Gasteiger partial charge in [-0.2, -0.15) is 0 Å². The molecule has 0 atom stereocenters. The molecule has 2 aromatic heterocycles. The number of halogens is 1. The third-order valence-electron chi connectivity index (χ3n) is 5.35. The van der Waals surface area contributed by atoms with Gasteiger partial charge in [-0.3, -0.25) is 0 Å². The van der Waals surface area contributed by atoms with Gasteiger partial charge in [0.15, 0.2) is 5.58 Å². The second kappa shape index (κ2) is 7.05. The number of piperidine rings is 1. The maximum atomic E-state index is 5.82. The summed E-state index contributed by atoms with van der Waals surface area (Å²) in [6.07, 6.45) is 6.52. The van der Waals surface area contributed by atoms with Crippen LogP contribution in [0.25, 0.3) is 23.3 Å². The molecule has 0 N–H and O–H groups in total. The van der Waals surface area contributed by atoms with Crippen molar-refractivity contribution in [3.05, 3.63) is 51.6 Å². The summed E-state index contributed by atoms with van der Waals surface area (Å²) in [4.78, 5) is 6.96. The van der Waals surface area contributed by atoms with Crippen LogP contribution < -0.4 is 0 Å². The van der Waals surface area contributed by atoms with Gasteiger partial charge in [0.2, 0.25) is 5.89 Å². The number of nitrogens with zero attached hydrogens (tertiary/aromatic N) is 3. The molecule has 3 heterocycles. The molecule has 0 spiro atoms. The smallest absolute Gasteiger partial charge is 0.220 e. The standard InChI is InChI=1S/C21H24BrN3O/c1-14-12-16(15(2)25(14)18-8-10-24(3)11-9-18)4-7-21-23-19-13-17(22)5-6-20(19)26-21/h4-7,12-13,18H,8-11H2,1-3H3/b7-4+. The summed E-state index contributed by atoms with van der Waals surface area (Å²) in [5.74, 6) is 0.641. The predicted octanol–water partition coefficient (Wildman–Crippen LogP) is 5.45. The van der Waals surface area contributed by atoms with Crippen molar-refractivity contribution in [2.75, 3.05) is 20.1 Å². The molecule has 1 aromatic carbocycles. The third-order valence-corrected chi connectivity index (χ3v) is 5.84. The highest BCUT2D eigenvalue weighted by Gasteiger charge is 2.21. The highest BCUT2D eigenvalue weighted by Crippen LogP contribution is 2.29. The van der Waals surface area contributed by atoms with Crippen molar-refractivity contribution in [1.82, 2.24) is 14.5 Å². The molecule has 1 saturated heterocycles. The van der Waals surface area contributed by atoms with Gasteiger partial charge in [-0.05, 0) is 82.7 Å². The second-order valence-electron chi connectivity index (χ2n) is 7.23. The normalized spacial score (nSPS) is 16.9. The van der Waals surface area contributed by atoms with E-state index in [9.17, 15) is 0 Å². The fourth-order valence-electron chi connectivity index (χ4n) is 3.94. The SMILES string of the molecule is Cc1cc(/C=C/c2nc3cc(Br)ccc3o2)c(C)n1C1CCN(C)CC1. The molecule has 4 nitrogen and oxygen atoms in total. The van der Waals surface area contributed by atoms with E-state index >= 15 is 0 Å². The molecular formula is C21H24BrN3O. The largest absolute Gasteiger partial charge is 0.437 e. The van der Waals surface area contributed by atoms with E-state index in [1.807, 2.05) is 24.3 Å². The van der Waals surface area contributed by atoms with Crippen LogP contribution in [0.15, 0.2) is 33.2 Å². The van der Waals surface area contributed by atoms with Crippen LogP contribution in [-0.4, -0.2) is 34.6 Å². The van der Waals surface area contributed by atoms with Gasteiger partial charge in [-0.1, -0.05) is 15.9 Å². The van der Waals surface area contributed by atoms with Gasteiger partial charge in [-0.25, -0.2) is 4.98 Å². The first-order valence-electron chi connectivity index (χ1n) is 9.12. The van der Waals surface area contributed by atoms with Crippen LogP contribution in [0, 0.1) is 13.8 Å². The summed E-state index contributed by atoms with van der Waals surface area (Å²) >= 11 is 3.47. The van der Waals surface area contributed by atoms with Crippen molar-refractivity contribution in [2.24, 2.45) is 0 Å². The lowest BCUT2D eigenvalue weighted by Gasteiger charge is -2.31. The lowest BCUT2D eigenvalue weighted by Crippen LogP contribution is -2.32. The van der Waals surface area contributed by atoms with Crippen molar-refractivity contribution < 1.29 is 4.42 Å². The number of aryl methyl sites for hydroxylation is 1. The minimum Gasteiger partial charge on any atom is -0.437 e. The number of likely N-dealkylation sites (tertiary alicyclic amines) is 1. The molecule has 1 aliphatic heterocycles. The molecule has 1 fully saturated rings. The number of hydrogen-bond acceptors (Lipinski definition) is 3. The Balaban J connectivity index is 1.59. The maximum Gasteiger partial charge on any atom is 0.220 e. The molecule has 0 unspecified atom stereocenters. The molecule has 3 aromatic rings. The van der Waals surface area contributed by atoms with Gasteiger partial charge in [0.25, 0.3) is 0 Å². The fourth-order valence-corrected chi connectivity index (χ4v) is 4.29. The van der Waals surface area contributed by atoms with Gasteiger partial charge in [-0.15, -0.1) is 0 Å². The summed E-state index contributed by atoms with van der Waals surface area (Å²) < 4.78 is 9.34. The maximum absolute atomic E-state index is 5.82. The van der Waals surface area contributed by atoms with Crippen LogP contribution in [0.4, 0.5) is 0 Å². The number of oxazole rings is 1. The zero-order valence-corrected chi connectivity index (χ0v) is 17.1. The first-order valence-corrected chi connectivity index (χ1v) is 9.92. The van der Waals surface area contributed by atoms with Gasteiger partial charge < -0.3 is 13.9 Å². The first-order chi connectivity index (χ1) is 12.5. The average molecular weight is 414 g/mol. The Kier molecular flexibility index (Phi) is 4.76. The highest BCUT2D eigenvalue weighted by molar-refractivity contribution is 9.10. The van der Waals surface area contributed by atoms with E-state index in [-0.39, 0.29) is 0 Å². The zero-order valence-electron chi connectivity index (χ0n) is 15.5. The third kappa shape index (κ3) is 3.38. The quantitative estimate of drug-likeness (QED) is 0.572. The van der Waals surface area contributed by atoms with E-state index in [1.165, 1.54) is 42.9 Å². The van der Waals surface area contributed by atoms with Gasteiger partial charge in [0.1, 0.15) is 5.52 Å². The number of benzene rings is 1. The number of fused-ring (bicyclic) bond motifs is 1. The molecule has 5 heteroatoms. The van der Waals surface area contributed by atoms with Crippen LogP contribution in [0.3, 0.4) is 0 Å². The van der Waals surface area contributed by atoms with Crippen LogP contribution >= 0.6 is 15.9 Å². The minimum atomic E-state index is 0.607. The molecule has 0 radical (unpaired) electrons. The van der Waals surface area contributed by atoms with E-state index in [0.29, 0.717) is 11.9 Å². The molecule has 0 aliphatic carbocycles. The van der Waals surface area contributed by atoms with Gasteiger partial charge in [0.05, 0.1) is 0 Å². The molecular weight excluding hydrogens is 390 g/mol. The molecule has 4 rings (SSSR count). The van der Waals surface area contributed by atoms with Crippen LogP contribution in [0.1, 0.15) is 41.7 Å². The summed E-state index contributed by atoms with van der Waals surface area (Å²) in [7, 11) is 2.21. The van der Waals surface area contributed by atoms with E-state index < -0.39 is 0 Å². The zero-order chi connectivity index (χ0) is 18.3. The van der Waals surface area contributed by atoms with Crippen molar-refractivity contribution >= 4 is 39.2 Å². The topological polar surface area (TPSA) is 34.2 Å². The predicted molar refractivity (Wildman–Crippen MR) is 110 cm³/mol. The molecule has 1 aliphatic rings. The van der Waals surface area contributed by atoms with Crippen molar-refractivity contribution in [1.29, 1.82) is 0 Å². The Labute approximate surface area is 162 Å². The number of hydrogen-bond donors (Lipinski definition) is 0. The van der Waals surface area contributed by atoms with Gasteiger partial charge >= 0.3 is 0 Å². The lowest BCUT2D eigenvalue weighted by molar-refractivity contribution is 0.218. The average Bonchev–Trinajstić information content (AvgIpc) is 3.14. The number of rotatable bonds is 3. The second-order valence-corrected chi connectivity index (χ2v) is 8.14. The summed E-state index contributed by atoms with van der Waals surface area (Å²) in [5, 5.41) is 0. The van der Waals surface area contributed by atoms with Gasteiger partial charge in [0, 0.05) is 28.0 Å². The highest BCUT2D eigenvalue weighted by atomic mass is 79.9. The molecule has 26 heavy (non-hydrogen) atoms. The summed E-state index contributed by atoms with van der Waals surface area (Å²) in [6, 6.07) is 8.76. The Bertz CT molecular complexity index is 961. The Morgan fingerprint density at radius 3 is 2.69 bits per heavy atom. The molecule has 0 amide bonds. The molecule has 0 saturated carbocycles. The number of aromatic nitrogens is 2. The van der Waals surface area contributed by atoms with Crippen molar-refractivity contribution in [3.63, 3.8) is 0 Å². The summed E-state index contributed by atoms with van der Waals surface area (Å²) in [6.45, 7) is 6.77. The Morgan fingerprint density at radius 1 is 1.15 bits per heavy atom. The van der Waals surface area contributed by atoms with Crippen molar-refractivity contribution in [2.45, 2.75) is 32.7 Å². The Morgan fingerprint density at radius 2 is 1.92 bits per heavy atom. The van der Waals surface area contributed by atoms with E-state index in [0.717, 1.165) is 15.6 Å². The van der Waals surface area contributed by atoms with E-state index in [1.54, 1.807) is 0 Å². The van der Waals surface area contributed by atoms with E-state index in [2.05, 4.69) is 63.4 Å². The Hall–Kier alpha value is -1.85. The van der Waals surface area contributed by atoms with Crippen LogP contribution in [0.5, 0.6) is 0 Å². The first kappa shape index (κ1) is 17.6. The molecule has 136 valence electrons. The minimum absolute atomic E-state index is 0.607. The van der Waals surface area contributed by atoms with Crippen molar-refractivity contribution in [3.8, 4) is 0 Å². The fraction of sp³-hybridized carbons (Fsp3) is 0.381. The van der Waals surface area contributed by atoms with E-state index in [4.69, 9.17) is 4.42 Å². The lowest BCUT2D eigenvalue weighted by atomic mass is 10.0.